The van der Waals surface area contributed by atoms with Crippen LogP contribution in [-0.4, -0.2) is 35.1 Å². The second kappa shape index (κ2) is 8.12. The Morgan fingerprint density at radius 1 is 0.786 bits per heavy atom. The van der Waals surface area contributed by atoms with Gasteiger partial charge in [-0.05, 0) is 33.3 Å². The van der Waals surface area contributed by atoms with Gasteiger partial charge in [-0.25, -0.2) is 0 Å². The predicted octanol–water partition coefficient (Wildman–Crippen LogP) is 4.52. The van der Waals surface area contributed by atoms with Crippen LogP contribution in [0, 0.1) is 11.8 Å². The third kappa shape index (κ3) is 3.41. The molecule has 0 radical (unpaired) electrons. The molecule has 0 amide bonds. The topological polar surface area (TPSA) is 37.4 Å². The van der Waals surface area contributed by atoms with E-state index in [1.165, 1.54) is 0 Å². The molecule has 2 aromatic carbocycles. The number of fused-ring (bicyclic) bond motifs is 1. The molecule has 0 atom stereocenters. The number of nitrogens with zero attached hydrogens (tertiary/aromatic N) is 1. The molecule has 0 spiro atoms. The minimum Gasteiger partial charge on any atom is -0.293 e. The molecule has 28 heavy (non-hydrogen) atoms. The van der Waals surface area contributed by atoms with E-state index in [9.17, 15) is 9.59 Å². The molecule has 3 rings (SSSR count). The molecule has 0 aromatic heterocycles. The van der Waals surface area contributed by atoms with Crippen molar-refractivity contribution in [3.8, 4) is 11.8 Å². The number of Topliss-reactive ketones (excluding diaryl/α,β-unsaturated/α-hetero) is 2. The highest BCUT2D eigenvalue weighted by atomic mass is 16.2. The minimum absolute atomic E-state index is 0.141. The Labute approximate surface area is 167 Å². The van der Waals surface area contributed by atoms with Crippen molar-refractivity contribution in [2.75, 3.05) is 6.54 Å². The smallest absolute Gasteiger partial charge is 0.182 e. The van der Waals surface area contributed by atoms with Gasteiger partial charge in [0.05, 0.1) is 6.54 Å². The van der Waals surface area contributed by atoms with Gasteiger partial charge in [0.1, 0.15) is 5.41 Å². The number of benzene rings is 2. The van der Waals surface area contributed by atoms with E-state index in [1.807, 2.05) is 30.3 Å². The summed E-state index contributed by atoms with van der Waals surface area (Å²) < 4.78 is 0. The lowest BCUT2D eigenvalue weighted by molar-refractivity contribution is 0.0797. The zero-order chi connectivity index (χ0) is 20.3. The van der Waals surface area contributed by atoms with Crippen molar-refractivity contribution in [3.63, 3.8) is 0 Å². The molecule has 1 aliphatic carbocycles. The Bertz CT molecular complexity index is 889. The lowest BCUT2D eigenvalue weighted by Gasteiger charge is -2.28. The van der Waals surface area contributed by atoms with Gasteiger partial charge >= 0.3 is 0 Å². The van der Waals surface area contributed by atoms with E-state index < -0.39 is 5.41 Å². The molecule has 0 bridgehead atoms. The summed E-state index contributed by atoms with van der Waals surface area (Å²) in [5.74, 6) is 6.10. The number of rotatable bonds is 5. The highest BCUT2D eigenvalue weighted by Crippen LogP contribution is 2.42. The summed E-state index contributed by atoms with van der Waals surface area (Å²) in [7, 11) is 0. The molecule has 144 valence electrons. The molecule has 0 unspecified atom stereocenters. The van der Waals surface area contributed by atoms with Crippen LogP contribution in [0.3, 0.4) is 0 Å². The number of carbonyl (C=O) groups is 2. The monoisotopic (exact) mass is 373 g/mol. The van der Waals surface area contributed by atoms with Crippen molar-refractivity contribution >= 4 is 11.6 Å². The number of carbonyl (C=O) groups excluding carboxylic acids is 2. The standard InChI is InChI=1S/C25H27NO2/c1-18(2)26(19(3)4)17-11-10-16-25(20-12-6-5-7-13-20)23(27)21-14-8-9-15-22(21)24(25)28/h5-9,12-15,18-19H,16-17H2,1-4H3. The van der Waals surface area contributed by atoms with Crippen LogP contribution in [0.5, 0.6) is 0 Å². The van der Waals surface area contributed by atoms with Gasteiger partial charge in [-0.1, -0.05) is 60.5 Å². The summed E-state index contributed by atoms with van der Waals surface area (Å²) in [6.07, 6.45) is 0.202. The fraction of sp³-hybridized carbons (Fsp3) is 0.360. The molecule has 0 fully saturated rings. The van der Waals surface area contributed by atoms with E-state index in [-0.39, 0.29) is 18.0 Å². The second-order valence-electron chi connectivity index (χ2n) is 7.87. The average molecular weight is 373 g/mol. The van der Waals surface area contributed by atoms with Crippen molar-refractivity contribution in [2.45, 2.75) is 51.6 Å². The molecule has 2 aromatic rings. The Kier molecular flexibility index (Phi) is 5.82. The lowest BCUT2D eigenvalue weighted by Crippen LogP contribution is -2.38. The summed E-state index contributed by atoms with van der Waals surface area (Å²) in [5.41, 5.74) is 0.492. The maximum atomic E-state index is 13.4. The van der Waals surface area contributed by atoms with Crippen molar-refractivity contribution < 1.29 is 9.59 Å². The maximum Gasteiger partial charge on any atom is 0.182 e. The van der Waals surface area contributed by atoms with Crippen molar-refractivity contribution in [1.82, 2.24) is 4.90 Å². The average Bonchev–Trinajstić information content (AvgIpc) is 2.90. The van der Waals surface area contributed by atoms with Gasteiger partial charge in [0.25, 0.3) is 0 Å². The molecule has 1 aliphatic rings. The SMILES string of the molecule is CC(C)N(CC#CCC1(c2ccccc2)C(=O)c2ccccc2C1=O)C(C)C. The zero-order valence-corrected chi connectivity index (χ0v) is 17.0. The van der Waals surface area contributed by atoms with Gasteiger partial charge in [0.15, 0.2) is 11.6 Å². The molecule has 0 aliphatic heterocycles. The molecular formula is C25H27NO2. The first-order chi connectivity index (χ1) is 13.4. The normalized spacial score (nSPS) is 15.1. The van der Waals surface area contributed by atoms with E-state index in [0.29, 0.717) is 29.8 Å². The van der Waals surface area contributed by atoms with E-state index in [1.54, 1.807) is 24.3 Å². The van der Waals surface area contributed by atoms with Crippen molar-refractivity contribution in [3.05, 3.63) is 71.3 Å². The summed E-state index contributed by atoms with van der Waals surface area (Å²) in [6.45, 7) is 9.21. The van der Waals surface area contributed by atoms with Gasteiger partial charge < -0.3 is 0 Å². The van der Waals surface area contributed by atoms with Crippen molar-refractivity contribution in [1.29, 1.82) is 0 Å². The molecule has 0 saturated heterocycles. The van der Waals surface area contributed by atoms with Gasteiger partial charge in [0.2, 0.25) is 0 Å². The van der Waals surface area contributed by atoms with Crippen LogP contribution in [-0.2, 0) is 5.41 Å². The van der Waals surface area contributed by atoms with Crippen LogP contribution >= 0.6 is 0 Å². The van der Waals surface area contributed by atoms with Gasteiger partial charge in [-0.15, -0.1) is 5.92 Å². The zero-order valence-electron chi connectivity index (χ0n) is 17.0. The Balaban J connectivity index is 1.97. The molecule has 0 saturated carbocycles. The van der Waals surface area contributed by atoms with Gasteiger partial charge in [0, 0.05) is 29.6 Å². The van der Waals surface area contributed by atoms with Gasteiger partial charge in [-0.3, -0.25) is 14.5 Å². The predicted molar refractivity (Wildman–Crippen MR) is 113 cm³/mol. The molecule has 0 N–H and O–H groups in total. The van der Waals surface area contributed by atoms with Crippen LogP contribution in [0.2, 0.25) is 0 Å². The van der Waals surface area contributed by atoms with Crippen LogP contribution in [0.15, 0.2) is 54.6 Å². The van der Waals surface area contributed by atoms with E-state index in [0.717, 1.165) is 5.56 Å². The van der Waals surface area contributed by atoms with Crippen LogP contribution < -0.4 is 0 Å². The summed E-state index contributed by atoms with van der Waals surface area (Å²) in [5, 5.41) is 0. The molecular weight excluding hydrogens is 346 g/mol. The molecule has 3 nitrogen and oxygen atoms in total. The quantitative estimate of drug-likeness (QED) is 0.571. The van der Waals surface area contributed by atoms with Gasteiger partial charge in [-0.2, -0.15) is 0 Å². The number of ketones is 2. The van der Waals surface area contributed by atoms with Crippen LogP contribution in [0.4, 0.5) is 0 Å². The first-order valence-electron chi connectivity index (χ1n) is 9.85. The highest BCUT2D eigenvalue weighted by molar-refractivity contribution is 6.33. The Hall–Kier alpha value is -2.70. The fourth-order valence-electron chi connectivity index (χ4n) is 3.99. The maximum absolute atomic E-state index is 13.4. The van der Waals surface area contributed by atoms with E-state index in [4.69, 9.17) is 0 Å². The number of hydrogen-bond acceptors (Lipinski definition) is 3. The van der Waals surface area contributed by atoms with E-state index in [2.05, 4.69) is 44.4 Å². The third-order valence-corrected chi connectivity index (χ3v) is 5.52. The second-order valence-corrected chi connectivity index (χ2v) is 7.87. The third-order valence-electron chi connectivity index (χ3n) is 5.52. The fourth-order valence-corrected chi connectivity index (χ4v) is 3.99. The van der Waals surface area contributed by atoms with Crippen molar-refractivity contribution in [2.24, 2.45) is 0 Å². The molecule has 0 heterocycles. The number of hydrogen-bond donors (Lipinski definition) is 0. The first kappa shape index (κ1) is 20.0. The Morgan fingerprint density at radius 3 is 1.79 bits per heavy atom. The lowest BCUT2D eigenvalue weighted by atomic mass is 9.73. The summed E-state index contributed by atoms with van der Waals surface area (Å²) >= 11 is 0. The molecule has 3 heteroatoms. The largest absolute Gasteiger partial charge is 0.293 e. The summed E-state index contributed by atoms with van der Waals surface area (Å²) in [6, 6.07) is 17.2. The van der Waals surface area contributed by atoms with Crippen LogP contribution in [0.1, 0.15) is 60.4 Å². The van der Waals surface area contributed by atoms with Crippen LogP contribution in [0.25, 0.3) is 0 Å². The summed E-state index contributed by atoms with van der Waals surface area (Å²) in [4.78, 5) is 29.0. The Morgan fingerprint density at radius 2 is 1.29 bits per heavy atom. The van der Waals surface area contributed by atoms with E-state index >= 15 is 0 Å². The first-order valence-corrected chi connectivity index (χ1v) is 9.85. The highest BCUT2D eigenvalue weighted by Gasteiger charge is 2.53. The minimum atomic E-state index is -1.24.